The van der Waals surface area contributed by atoms with E-state index in [0.717, 1.165) is 10.2 Å². The van der Waals surface area contributed by atoms with Crippen molar-refractivity contribution in [2.45, 2.75) is 13.3 Å². The second-order valence-electron chi connectivity index (χ2n) is 3.90. The summed E-state index contributed by atoms with van der Waals surface area (Å²) in [6, 6.07) is 7.06. The quantitative estimate of drug-likeness (QED) is 0.644. The number of halogens is 1. The predicted octanol–water partition coefficient (Wildman–Crippen LogP) is 2.89. The van der Waals surface area contributed by atoms with Crippen molar-refractivity contribution in [3.05, 3.63) is 34.6 Å². The van der Waals surface area contributed by atoms with E-state index in [9.17, 15) is 0 Å². The Morgan fingerprint density at radius 1 is 1.30 bits per heavy atom. The molecule has 1 aromatic heterocycles. The van der Waals surface area contributed by atoms with Gasteiger partial charge in [0.2, 0.25) is 5.88 Å². The van der Waals surface area contributed by atoms with Crippen LogP contribution in [0.25, 0.3) is 0 Å². The van der Waals surface area contributed by atoms with Gasteiger partial charge >= 0.3 is 0 Å². The normalized spacial score (nSPS) is 10.2. The number of hydrogen-bond donors (Lipinski definition) is 2. The number of methoxy groups -OCH3 is 1. The lowest BCUT2D eigenvalue weighted by molar-refractivity contribution is 0.411. The van der Waals surface area contributed by atoms with E-state index in [1.54, 1.807) is 19.2 Å². The van der Waals surface area contributed by atoms with Gasteiger partial charge in [0, 0.05) is 12.5 Å². The molecular weight excluding hydrogens is 324 g/mol. The maximum absolute atomic E-state index is 5.74. The van der Waals surface area contributed by atoms with Gasteiger partial charge in [0.05, 0.1) is 11.6 Å². The Bertz CT molecular complexity index is 585. The van der Waals surface area contributed by atoms with Gasteiger partial charge in [0.25, 0.3) is 0 Å². The Labute approximate surface area is 125 Å². The van der Waals surface area contributed by atoms with Crippen LogP contribution in [-0.2, 0) is 6.42 Å². The van der Waals surface area contributed by atoms with Crippen LogP contribution in [0, 0.1) is 0 Å². The number of anilines is 1. The molecule has 0 aliphatic carbocycles. The maximum atomic E-state index is 5.74. The molecule has 106 valence electrons. The first-order valence-electron chi connectivity index (χ1n) is 6.02. The molecule has 1 aromatic carbocycles. The van der Waals surface area contributed by atoms with Gasteiger partial charge in [-0.15, -0.1) is 0 Å². The van der Waals surface area contributed by atoms with Crippen LogP contribution in [0.3, 0.4) is 0 Å². The minimum absolute atomic E-state index is 0.427. The second-order valence-corrected chi connectivity index (χ2v) is 4.76. The highest BCUT2D eigenvalue weighted by molar-refractivity contribution is 9.10. The number of nitrogens with two attached hydrogens (primary N) is 1. The standard InChI is InChI=1S/C13H15BrN4O2/c1-3-11-16-12(18-15)7-13(17-11)20-10-5-4-8(19-2)6-9(10)14/h4-7H,3,15H2,1-2H3,(H,16,17,18). The number of nitrogen functional groups attached to an aromatic ring is 1. The van der Waals surface area contributed by atoms with E-state index in [2.05, 4.69) is 31.3 Å². The number of rotatable bonds is 5. The lowest BCUT2D eigenvalue weighted by Crippen LogP contribution is -2.10. The van der Waals surface area contributed by atoms with Crippen molar-refractivity contribution < 1.29 is 9.47 Å². The van der Waals surface area contributed by atoms with Crippen molar-refractivity contribution in [1.82, 2.24) is 9.97 Å². The number of ether oxygens (including phenoxy) is 2. The highest BCUT2D eigenvalue weighted by Crippen LogP contribution is 2.32. The highest BCUT2D eigenvalue weighted by Gasteiger charge is 2.08. The fraction of sp³-hybridized carbons (Fsp3) is 0.231. The van der Waals surface area contributed by atoms with Crippen LogP contribution in [0.5, 0.6) is 17.4 Å². The molecule has 0 spiro atoms. The Kier molecular flexibility index (Phi) is 4.75. The van der Waals surface area contributed by atoms with E-state index in [1.807, 2.05) is 19.1 Å². The molecule has 2 rings (SSSR count). The summed E-state index contributed by atoms with van der Waals surface area (Å²) in [5, 5.41) is 0. The first kappa shape index (κ1) is 14.5. The predicted molar refractivity (Wildman–Crippen MR) is 80.0 cm³/mol. The van der Waals surface area contributed by atoms with Crippen molar-refractivity contribution in [3.8, 4) is 17.4 Å². The second kappa shape index (κ2) is 6.53. The van der Waals surface area contributed by atoms with Gasteiger partial charge in [-0.3, -0.25) is 0 Å². The molecule has 20 heavy (non-hydrogen) atoms. The first-order chi connectivity index (χ1) is 9.66. The molecule has 1 heterocycles. The number of hydrazine groups is 1. The summed E-state index contributed by atoms with van der Waals surface area (Å²) in [4.78, 5) is 8.50. The van der Waals surface area contributed by atoms with Crippen molar-refractivity contribution >= 4 is 21.7 Å². The van der Waals surface area contributed by atoms with Crippen LogP contribution < -0.4 is 20.7 Å². The average Bonchev–Trinajstić information content (AvgIpc) is 2.48. The molecule has 0 aliphatic heterocycles. The Balaban J connectivity index is 2.29. The van der Waals surface area contributed by atoms with Crippen LogP contribution in [0.1, 0.15) is 12.7 Å². The van der Waals surface area contributed by atoms with Gasteiger partial charge in [0.1, 0.15) is 23.1 Å². The van der Waals surface area contributed by atoms with Crippen LogP contribution in [0.15, 0.2) is 28.7 Å². The van der Waals surface area contributed by atoms with E-state index in [4.69, 9.17) is 15.3 Å². The topological polar surface area (TPSA) is 82.3 Å². The van der Waals surface area contributed by atoms with Crippen LogP contribution in [-0.4, -0.2) is 17.1 Å². The Hall–Kier alpha value is -1.86. The number of nitrogens with one attached hydrogen (secondary N) is 1. The van der Waals surface area contributed by atoms with Crippen molar-refractivity contribution in [3.63, 3.8) is 0 Å². The summed E-state index contributed by atoms with van der Waals surface area (Å²) in [6.45, 7) is 1.96. The molecule has 0 saturated carbocycles. The zero-order valence-electron chi connectivity index (χ0n) is 11.2. The Morgan fingerprint density at radius 2 is 2.10 bits per heavy atom. The summed E-state index contributed by atoms with van der Waals surface area (Å²) < 4.78 is 11.7. The minimum atomic E-state index is 0.427. The molecule has 3 N–H and O–H groups in total. The third kappa shape index (κ3) is 3.37. The van der Waals surface area contributed by atoms with Crippen LogP contribution >= 0.6 is 15.9 Å². The van der Waals surface area contributed by atoms with Gasteiger partial charge in [-0.2, -0.15) is 4.98 Å². The van der Waals surface area contributed by atoms with Gasteiger partial charge in [-0.25, -0.2) is 10.8 Å². The van der Waals surface area contributed by atoms with E-state index in [1.165, 1.54) is 0 Å². The first-order valence-corrected chi connectivity index (χ1v) is 6.81. The molecule has 0 atom stereocenters. The summed E-state index contributed by atoms with van der Waals surface area (Å²) in [6.07, 6.45) is 0.690. The van der Waals surface area contributed by atoms with Gasteiger partial charge in [-0.1, -0.05) is 6.92 Å². The third-order valence-corrected chi connectivity index (χ3v) is 3.19. The maximum Gasteiger partial charge on any atom is 0.224 e. The van der Waals surface area contributed by atoms with E-state index < -0.39 is 0 Å². The molecule has 2 aromatic rings. The SMILES string of the molecule is CCc1nc(NN)cc(Oc2ccc(OC)cc2Br)n1. The lowest BCUT2D eigenvalue weighted by atomic mass is 10.3. The molecule has 0 fully saturated rings. The molecule has 0 saturated heterocycles. The Morgan fingerprint density at radius 3 is 2.70 bits per heavy atom. The van der Waals surface area contributed by atoms with E-state index >= 15 is 0 Å². The summed E-state index contributed by atoms with van der Waals surface area (Å²) >= 11 is 3.43. The minimum Gasteiger partial charge on any atom is -0.497 e. The van der Waals surface area contributed by atoms with Crippen molar-refractivity contribution in [1.29, 1.82) is 0 Å². The third-order valence-electron chi connectivity index (χ3n) is 2.57. The highest BCUT2D eigenvalue weighted by atomic mass is 79.9. The molecule has 0 amide bonds. The van der Waals surface area contributed by atoms with E-state index in [0.29, 0.717) is 29.7 Å². The average molecular weight is 339 g/mol. The molecular formula is C13H15BrN4O2. The zero-order valence-corrected chi connectivity index (χ0v) is 12.8. The number of nitrogens with zero attached hydrogens (tertiary/aromatic N) is 2. The molecule has 0 unspecified atom stereocenters. The van der Waals surface area contributed by atoms with Crippen LogP contribution in [0.2, 0.25) is 0 Å². The molecule has 0 aliphatic rings. The van der Waals surface area contributed by atoms with Crippen molar-refractivity contribution in [2.75, 3.05) is 12.5 Å². The fourth-order valence-electron chi connectivity index (χ4n) is 1.56. The molecule has 7 heteroatoms. The number of benzene rings is 1. The smallest absolute Gasteiger partial charge is 0.224 e. The van der Waals surface area contributed by atoms with Gasteiger partial charge < -0.3 is 14.9 Å². The summed E-state index contributed by atoms with van der Waals surface area (Å²) in [5.74, 6) is 8.35. The molecule has 6 nitrogen and oxygen atoms in total. The molecule has 0 bridgehead atoms. The van der Waals surface area contributed by atoms with Gasteiger partial charge in [0.15, 0.2) is 0 Å². The van der Waals surface area contributed by atoms with Gasteiger partial charge in [-0.05, 0) is 34.1 Å². The largest absolute Gasteiger partial charge is 0.497 e. The summed E-state index contributed by atoms with van der Waals surface area (Å²) in [7, 11) is 1.61. The zero-order chi connectivity index (χ0) is 14.5. The number of hydrogen-bond acceptors (Lipinski definition) is 6. The molecule has 0 radical (unpaired) electrons. The summed E-state index contributed by atoms with van der Waals surface area (Å²) in [5.41, 5.74) is 2.50. The number of aromatic nitrogens is 2. The fourth-order valence-corrected chi connectivity index (χ4v) is 2.00. The number of aryl methyl sites for hydroxylation is 1. The van der Waals surface area contributed by atoms with Crippen LogP contribution in [0.4, 0.5) is 5.82 Å². The van der Waals surface area contributed by atoms with E-state index in [-0.39, 0.29) is 0 Å². The lowest BCUT2D eigenvalue weighted by Gasteiger charge is -2.10. The monoisotopic (exact) mass is 338 g/mol. The van der Waals surface area contributed by atoms with Crippen molar-refractivity contribution in [2.24, 2.45) is 5.84 Å².